The molecule has 0 fully saturated rings. The van der Waals surface area contributed by atoms with Crippen molar-refractivity contribution >= 4 is 11.6 Å². The zero-order valence-corrected chi connectivity index (χ0v) is 13.5. The standard InChI is InChI=1S/C17H26ClN/c1-11(2)8-12(3)19-16-15-9-14(18)7-6-13(15)10-17(16,4)5/h6-7,9,11-12,16,19H,8,10H2,1-5H3. The first-order chi connectivity index (χ1) is 8.79. The molecule has 0 saturated carbocycles. The summed E-state index contributed by atoms with van der Waals surface area (Å²) in [4.78, 5) is 0. The van der Waals surface area contributed by atoms with Gasteiger partial charge in [-0.15, -0.1) is 0 Å². The number of hydrogen-bond donors (Lipinski definition) is 1. The third-order valence-corrected chi connectivity index (χ3v) is 4.36. The van der Waals surface area contributed by atoms with Gasteiger partial charge in [-0.05, 0) is 54.4 Å². The molecule has 2 heteroatoms. The summed E-state index contributed by atoms with van der Waals surface area (Å²) in [5.41, 5.74) is 3.11. The second kappa shape index (κ2) is 5.46. The molecule has 0 bridgehead atoms. The Labute approximate surface area is 122 Å². The molecule has 0 amide bonds. The van der Waals surface area contributed by atoms with Crippen molar-refractivity contribution in [3.8, 4) is 0 Å². The summed E-state index contributed by atoms with van der Waals surface area (Å²) in [5, 5.41) is 4.67. The van der Waals surface area contributed by atoms with Gasteiger partial charge in [0, 0.05) is 17.1 Å². The molecule has 1 aliphatic rings. The monoisotopic (exact) mass is 279 g/mol. The molecule has 1 N–H and O–H groups in total. The van der Waals surface area contributed by atoms with E-state index < -0.39 is 0 Å². The molecule has 1 aromatic carbocycles. The van der Waals surface area contributed by atoms with Crippen molar-refractivity contribution in [1.29, 1.82) is 0 Å². The van der Waals surface area contributed by atoms with Crippen LogP contribution in [0.4, 0.5) is 0 Å². The summed E-state index contributed by atoms with van der Waals surface area (Å²) in [7, 11) is 0. The van der Waals surface area contributed by atoms with Crippen molar-refractivity contribution in [3.63, 3.8) is 0 Å². The van der Waals surface area contributed by atoms with E-state index in [-0.39, 0.29) is 5.41 Å². The highest BCUT2D eigenvalue weighted by Gasteiger charge is 2.39. The largest absolute Gasteiger partial charge is 0.307 e. The number of nitrogens with one attached hydrogen (secondary N) is 1. The fourth-order valence-corrected chi connectivity index (χ4v) is 3.56. The van der Waals surface area contributed by atoms with Crippen LogP contribution in [0.3, 0.4) is 0 Å². The zero-order valence-electron chi connectivity index (χ0n) is 12.8. The van der Waals surface area contributed by atoms with Crippen LogP contribution in [-0.4, -0.2) is 6.04 Å². The van der Waals surface area contributed by atoms with E-state index in [4.69, 9.17) is 11.6 Å². The van der Waals surface area contributed by atoms with Crippen LogP contribution in [0, 0.1) is 11.3 Å². The smallest absolute Gasteiger partial charge is 0.0409 e. The Morgan fingerprint density at radius 1 is 1.32 bits per heavy atom. The molecule has 0 radical (unpaired) electrons. The predicted octanol–water partition coefficient (Wildman–Crippen LogP) is 4.99. The van der Waals surface area contributed by atoms with Crippen molar-refractivity contribution in [1.82, 2.24) is 5.32 Å². The molecule has 1 aromatic rings. The first-order valence-electron chi connectivity index (χ1n) is 7.34. The van der Waals surface area contributed by atoms with Gasteiger partial charge in [-0.1, -0.05) is 45.4 Å². The Morgan fingerprint density at radius 3 is 2.63 bits per heavy atom. The SMILES string of the molecule is CC(C)CC(C)NC1c2cc(Cl)ccc2CC1(C)C. The Morgan fingerprint density at radius 2 is 2.00 bits per heavy atom. The van der Waals surface area contributed by atoms with Gasteiger partial charge in [0.2, 0.25) is 0 Å². The second-order valence-electron chi connectivity index (χ2n) is 7.14. The maximum absolute atomic E-state index is 6.17. The number of benzene rings is 1. The van der Waals surface area contributed by atoms with Crippen molar-refractivity contribution in [2.75, 3.05) is 0 Å². The molecular weight excluding hydrogens is 254 g/mol. The van der Waals surface area contributed by atoms with Gasteiger partial charge in [0.1, 0.15) is 0 Å². The highest BCUT2D eigenvalue weighted by molar-refractivity contribution is 6.30. The molecule has 0 aromatic heterocycles. The highest BCUT2D eigenvalue weighted by atomic mass is 35.5. The van der Waals surface area contributed by atoms with Crippen molar-refractivity contribution in [3.05, 3.63) is 34.3 Å². The summed E-state index contributed by atoms with van der Waals surface area (Å²) < 4.78 is 0. The van der Waals surface area contributed by atoms with E-state index in [0.29, 0.717) is 12.1 Å². The second-order valence-corrected chi connectivity index (χ2v) is 7.58. The molecule has 0 spiro atoms. The van der Waals surface area contributed by atoms with Crippen molar-refractivity contribution in [2.45, 2.75) is 59.5 Å². The van der Waals surface area contributed by atoms with Crippen molar-refractivity contribution < 1.29 is 0 Å². The lowest BCUT2D eigenvalue weighted by molar-refractivity contribution is 0.242. The number of fused-ring (bicyclic) bond motifs is 1. The lowest BCUT2D eigenvalue weighted by Crippen LogP contribution is -2.37. The molecule has 2 rings (SSSR count). The molecule has 19 heavy (non-hydrogen) atoms. The fraction of sp³-hybridized carbons (Fsp3) is 0.647. The molecule has 1 aliphatic carbocycles. The third-order valence-electron chi connectivity index (χ3n) is 4.12. The minimum Gasteiger partial charge on any atom is -0.307 e. The fourth-order valence-electron chi connectivity index (χ4n) is 3.38. The molecule has 2 unspecified atom stereocenters. The Kier molecular flexibility index (Phi) is 4.27. The van der Waals surface area contributed by atoms with Crippen LogP contribution in [0.15, 0.2) is 18.2 Å². The maximum Gasteiger partial charge on any atom is 0.0409 e. The van der Waals surface area contributed by atoms with E-state index in [1.807, 2.05) is 6.07 Å². The van der Waals surface area contributed by atoms with E-state index in [1.54, 1.807) is 0 Å². The molecule has 0 aliphatic heterocycles. The van der Waals surface area contributed by atoms with Gasteiger partial charge in [0.25, 0.3) is 0 Å². The lowest BCUT2D eigenvalue weighted by Gasteiger charge is -2.32. The molecule has 106 valence electrons. The van der Waals surface area contributed by atoms with Crippen LogP contribution in [0.1, 0.15) is 58.2 Å². The third kappa shape index (κ3) is 3.32. The van der Waals surface area contributed by atoms with Crippen LogP contribution in [0.25, 0.3) is 0 Å². The average molecular weight is 280 g/mol. The van der Waals surface area contributed by atoms with E-state index in [9.17, 15) is 0 Å². The zero-order chi connectivity index (χ0) is 14.2. The van der Waals surface area contributed by atoms with Gasteiger partial charge in [-0.2, -0.15) is 0 Å². The maximum atomic E-state index is 6.17. The highest BCUT2D eigenvalue weighted by Crippen LogP contribution is 2.46. The molecule has 2 atom stereocenters. The van der Waals surface area contributed by atoms with Gasteiger partial charge in [0.15, 0.2) is 0 Å². The van der Waals surface area contributed by atoms with E-state index in [2.05, 4.69) is 52.1 Å². The quantitative estimate of drug-likeness (QED) is 0.819. The van der Waals surface area contributed by atoms with Crippen molar-refractivity contribution in [2.24, 2.45) is 11.3 Å². The van der Waals surface area contributed by atoms with Crippen LogP contribution in [0.2, 0.25) is 5.02 Å². The minimum atomic E-state index is 0.262. The predicted molar refractivity (Wildman–Crippen MR) is 83.7 cm³/mol. The topological polar surface area (TPSA) is 12.0 Å². The summed E-state index contributed by atoms with van der Waals surface area (Å²) in [5.74, 6) is 0.728. The normalized spacial score (nSPS) is 22.6. The number of halogens is 1. The van der Waals surface area contributed by atoms with Gasteiger partial charge in [0.05, 0.1) is 0 Å². The van der Waals surface area contributed by atoms with Gasteiger partial charge in [-0.25, -0.2) is 0 Å². The van der Waals surface area contributed by atoms with E-state index >= 15 is 0 Å². The Hall–Kier alpha value is -0.530. The summed E-state index contributed by atoms with van der Waals surface area (Å²) in [6.45, 7) is 11.5. The summed E-state index contributed by atoms with van der Waals surface area (Å²) in [6.07, 6.45) is 2.34. The van der Waals surface area contributed by atoms with Crippen LogP contribution >= 0.6 is 11.6 Å². The number of rotatable bonds is 4. The molecule has 0 heterocycles. The van der Waals surface area contributed by atoms with Gasteiger partial charge in [-0.3, -0.25) is 0 Å². The molecule has 0 saturated heterocycles. The first-order valence-corrected chi connectivity index (χ1v) is 7.72. The Balaban J connectivity index is 2.21. The van der Waals surface area contributed by atoms with E-state index in [0.717, 1.165) is 17.4 Å². The summed E-state index contributed by atoms with van der Waals surface area (Å²) in [6, 6.07) is 7.29. The molecular formula is C17H26ClN. The average Bonchev–Trinajstić information content (AvgIpc) is 2.50. The summed E-state index contributed by atoms with van der Waals surface area (Å²) >= 11 is 6.17. The van der Waals surface area contributed by atoms with Crippen LogP contribution in [0.5, 0.6) is 0 Å². The van der Waals surface area contributed by atoms with Gasteiger partial charge < -0.3 is 5.32 Å². The van der Waals surface area contributed by atoms with Crippen LogP contribution < -0.4 is 5.32 Å². The minimum absolute atomic E-state index is 0.262. The first kappa shape index (κ1) is 14.9. The molecule has 1 nitrogen and oxygen atoms in total. The number of hydrogen-bond acceptors (Lipinski definition) is 1. The lowest BCUT2D eigenvalue weighted by atomic mass is 9.84. The van der Waals surface area contributed by atoms with Crippen LogP contribution in [-0.2, 0) is 6.42 Å². The van der Waals surface area contributed by atoms with Gasteiger partial charge >= 0.3 is 0 Å². The Bertz CT molecular complexity index is 451. The van der Waals surface area contributed by atoms with E-state index in [1.165, 1.54) is 17.5 Å².